The van der Waals surface area contributed by atoms with Crippen LogP contribution in [0, 0.1) is 0 Å². The SMILES string of the molecule is Cl.OC[C@@H](c1cccc2c1OCO2)N1CCNCC1. The summed E-state index contributed by atoms with van der Waals surface area (Å²) in [6.45, 7) is 4.17. The summed E-state index contributed by atoms with van der Waals surface area (Å²) in [4.78, 5) is 2.29. The van der Waals surface area contributed by atoms with Crippen LogP contribution in [-0.2, 0) is 0 Å². The molecule has 0 saturated carbocycles. The predicted octanol–water partition coefficient (Wildman–Crippen LogP) is 0.776. The molecule has 2 heterocycles. The molecule has 1 aromatic carbocycles. The smallest absolute Gasteiger partial charge is 0.231 e. The first-order valence-corrected chi connectivity index (χ1v) is 6.34. The van der Waals surface area contributed by atoms with E-state index in [0.29, 0.717) is 0 Å². The first-order chi connectivity index (χ1) is 8.90. The van der Waals surface area contributed by atoms with Crippen LogP contribution >= 0.6 is 12.4 Å². The van der Waals surface area contributed by atoms with Crippen LogP contribution in [0.1, 0.15) is 11.6 Å². The van der Waals surface area contributed by atoms with E-state index in [1.54, 1.807) is 0 Å². The zero-order valence-electron chi connectivity index (χ0n) is 10.7. The zero-order valence-corrected chi connectivity index (χ0v) is 11.5. The second-order valence-corrected chi connectivity index (χ2v) is 4.57. The summed E-state index contributed by atoms with van der Waals surface area (Å²) in [6, 6.07) is 5.85. The van der Waals surface area contributed by atoms with Crippen molar-refractivity contribution in [1.82, 2.24) is 10.2 Å². The van der Waals surface area contributed by atoms with Gasteiger partial charge in [-0.25, -0.2) is 0 Å². The molecule has 5 nitrogen and oxygen atoms in total. The molecule has 0 bridgehead atoms. The maximum Gasteiger partial charge on any atom is 0.231 e. The average molecular weight is 287 g/mol. The lowest BCUT2D eigenvalue weighted by Gasteiger charge is -2.34. The van der Waals surface area contributed by atoms with Crippen molar-refractivity contribution in [3.63, 3.8) is 0 Å². The van der Waals surface area contributed by atoms with Gasteiger partial charge < -0.3 is 19.9 Å². The molecule has 2 aliphatic heterocycles. The topological polar surface area (TPSA) is 54.0 Å². The molecule has 2 aliphatic rings. The Kier molecular flexibility index (Phi) is 4.87. The summed E-state index contributed by atoms with van der Waals surface area (Å²) in [5, 5.41) is 13.0. The van der Waals surface area contributed by atoms with E-state index in [9.17, 15) is 5.11 Å². The van der Waals surface area contributed by atoms with E-state index in [4.69, 9.17) is 9.47 Å². The molecule has 1 aromatic rings. The minimum absolute atomic E-state index is 0. The number of nitrogens with zero attached hydrogens (tertiary/aromatic N) is 1. The van der Waals surface area contributed by atoms with Gasteiger partial charge in [0.05, 0.1) is 12.6 Å². The number of nitrogens with one attached hydrogen (secondary N) is 1. The van der Waals surface area contributed by atoms with Crippen LogP contribution in [-0.4, -0.2) is 49.6 Å². The molecule has 1 saturated heterocycles. The highest BCUT2D eigenvalue weighted by Crippen LogP contribution is 2.39. The molecule has 1 fully saturated rings. The fourth-order valence-corrected chi connectivity index (χ4v) is 2.62. The maximum atomic E-state index is 9.70. The van der Waals surface area contributed by atoms with Crippen molar-refractivity contribution in [2.24, 2.45) is 0 Å². The monoisotopic (exact) mass is 286 g/mol. The molecule has 0 spiro atoms. The Morgan fingerprint density at radius 1 is 1.26 bits per heavy atom. The van der Waals surface area contributed by atoms with E-state index in [2.05, 4.69) is 10.2 Å². The molecule has 0 radical (unpaired) electrons. The lowest BCUT2D eigenvalue weighted by molar-refractivity contribution is 0.107. The standard InChI is InChI=1S/C13H18N2O3.ClH/c16-8-11(15-6-4-14-5-7-15)10-2-1-3-12-13(10)18-9-17-12;/h1-3,11,14,16H,4-9H2;1H/t11-;/m0./s1. The van der Waals surface area contributed by atoms with Crippen molar-refractivity contribution in [2.45, 2.75) is 6.04 Å². The summed E-state index contributed by atoms with van der Waals surface area (Å²) in [5.74, 6) is 1.57. The first-order valence-electron chi connectivity index (χ1n) is 6.34. The fourth-order valence-electron chi connectivity index (χ4n) is 2.62. The number of hydrogen-bond donors (Lipinski definition) is 2. The van der Waals surface area contributed by atoms with Crippen LogP contribution < -0.4 is 14.8 Å². The minimum Gasteiger partial charge on any atom is -0.454 e. The Balaban J connectivity index is 0.00000133. The van der Waals surface area contributed by atoms with E-state index in [1.165, 1.54) is 0 Å². The summed E-state index contributed by atoms with van der Waals surface area (Å²) in [6.07, 6.45) is 0. The number of ether oxygens (including phenoxy) is 2. The number of aliphatic hydroxyl groups is 1. The van der Waals surface area contributed by atoms with Gasteiger partial charge in [0.1, 0.15) is 0 Å². The molecule has 3 rings (SSSR count). The molecule has 0 aliphatic carbocycles. The third kappa shape index (κ3) is 2.79. The highest BCUT2D eigenvalue weighted by atomic mass is 35.5. The minimum atomic E-state index is -0.0104. The summed E-state index contributed by atoms with van der Waals surface area (Å²) in [5.41, 5.74) is 1.02. The van der Waals surface area contributed by atoms with Crippen molar-refractivity contribution in [1.29, 1.82) is 0 Å². The number of fused-ring (bicyclic) bond motifs is 1. The van der Waals surface area contributed by atoms with Gasteiger partial charge >= 0.3 is 0 Å². The number of para-hydroxylation sites is 1. The molecule has 19 heavy (non-hydrogen) atoms. The molecule has 0 aromatic heterocycles. The molecule has 106 valence electrons. The van der Waals surface area contributed by atoms with Crippen LogP contribution in [0.2, 0.25) is 0 Å². The Bertz CT molecular complexity index is 424. The number of benzene rings is 1. The number of rotatable bonds is 3. The second kappa shape index (κ2) is 6.43. The van der Waals surface area contributed by atoms with Gasteiger partial charge in [-0.05, 0) is 6.07 Å². The quantitative estimate of drug-likeness (QED) is 0.860. The molecule has 0 unspecified atom stereocenters. The molecule has 2 N–H and O–H groups in total. The van der Waals surface area contributed by atoms with Crippen molar-refractivity contribution in [3.8, 4) is 11.5 Å². The fraction of sp³-hybridized carbons (Fsp3) is 0.538. The highest BCUT2D eigenvalue weighted by molar-refractivity contribution is 5.85. The van der Waals surface area contributed by atoms with Gasteiger partial charge in [-0.1, -0.05) is 12.1 Å². The molecular formula is C13H19ClN2O3. The predicted molar refractivity (Wildman–Crippen MR) is 74.1 cm³/mol. The lowest BCUT2D eigenvalue weighted by atomic mass is 10.0. The Morgan fingerprint density at radius 3 is 2.79 bits per heavy atom. The first kappa shape index (κ1) is 14.4. The van der Waals surface area contributed by atoms with Gasteiger partial charge in [-0.3, -0.25) is 4.90 Å². The Labute approximate surface area is 118 Å². The second-order valence-electron chi connectivity index (χ2n) is 4.57. The third-order valence-corrected chi connectivity index (χ3v) is 3.55. The van der Waals surface area contributed by atoms with Crippen molar-refractivity contribution in [2.75, 3.05) is 39.6 Å². The maximum absolute atomic E-state index is 9.70. The third-order valence-electron chi connectivity index (χ3n) is 3.55. The molecule has 1 atom stereocenters. The summed E-state index contributed by atoms with van der Waals surface area (Å²) < 4.78 is 10.9. The summed E-state index contributed by atoms with van der Waals surface area (Å²) in [7, 11) is 0. The van der Waals surface area contributed by atoms with E-state index in [0.717, 1.165) is 43.2 Å². The molecule has 0 amide bonds. The van der Waals surface area contributed by atoms with Gasteiger partial charge in [0.2, 0.25) is 6.79 Å². The number of piperazine rings is 1. The Morgan fingerprint density at radius 2 is 2.05 bits per heavy atom. The van der Waals surface area contributed by atoms with E-state index >= 15 is 0 Å². The van der Waals surface area contributed by atoms with Gasteiger partial charge in [-0.15, -0.1) is 12.4 Å². The Hall–Kier alpha value is -1.01. The molecule has 6 heteroatoms. The van der Waals surface area contributed by atoms with Crippen molar-refractivity contribution >= 4 is 12.4 Å². The lowest BCUT2D eigenvalue weighted by Crippen LogP contribution is -2.46. The van der Waals surface area contributed by atoms with Crippen LogP contribution in [0.25, 0.3) is 0 Å². The molecular weight excluding hydrogens is 268 g/mol. The van der Waals surface area contributed by atoms with Crippen molar-refractivity contribution < 1.29 is 14.6 Å². The largest absolute Gasteiger partial charge is 0.454 e. The van der Waals surface area contributed by atoms with Crippen molar-refractivity contribution in [3.05, 3.63) is 23.8 Å². The van der Waals surface area contributed by atoms with Crippen LogP contribution in [0.15, 0.2) is 18.2 Å². The van der Waals surface area contributed by atoms with Gasteiger partial charge in [0.25, 0.3) is 0 Å². The van der Waals surface area contributed by atoms with E-state index < -0.39 is 0 Å². The highest BCUT2D eigenvalue weighted by Gasteiger charge is 2.27. The van der Waals surface area contributed by atoms with Crippen LogP contribution in [0.4, 0.5) is 0 Å². The van der Waals surface area contributed by atoms with Gasteiger partial charge in [0.15, 0.2) is 11.5 Å². The number of aliphatic hydroxyl groups excluding tert-OH is 1. The van der Waals surface area contributed by atoms with Crippen LogP contribution in [0.3, 0.4) is 0 Å². The van der Waals surface area contributed by atoms with Crippen LogP contribution in [0.5, 0.6) is 11.5 Å². The number of hydrogen-bond acceptors (Lipinski definition) is 5. The van der Waals surface area contributed by atoms with E-state index in [-0.39, 0.29) is 31.8 Å². The summed E-state index contributed by atoms with van der Waals surface area (Å²) >= 11 is 0. The zero-order chi connectivity index (χ0) is 12.4. The normalized spacial score (nSPS) is 19.8. The average Bonchev–Trinajstić information content (AvgIpc) is 2.90. The number of halogens is 1. The van der Waals surface area contributed by atoms with Gasteiger partial charge in [-0.2, -0.15) is 0 Å². The van der Waals surface area contributed by atoms with Gasteiger partial charge in [0, 0.05) is 31.7 Å². The van der Waals surface area contributed by atoms with E-state index in [1.807, 2.05) is 18.2 Å².